The standard InChI is InChI=1S/C17H25N3O6S/c1-17(2,3)26-16(22)19-8-10-20(11-9-19)27(23,24)14-7-5-6-13(12-14)15(21)18-25-4/h5-7,12H,8-11H2,1-4H3,(H,18,21). The van der Waals surface area contributed by atoms with Gasteiger partial charge in [0.2, 0.25) is 10.0 Å². The molecule has 0 unspecified atom stereocenters. The highest BCUT2D eigenvalue weighted by molar-refractivity contribution is 7.89. The molecule has 150 valence electrons. The maximum Gasteiger partial charge on any atom is 0.410 e. The number of rotatable bonds is 4. The van der Waals surface area contributed by atoms with Gasteiger partial charge in [-0.1, -0.05) is 6.07 Å². The Kier molecular flexibility index (Phi) is 6.45. The summed E-state index contributed by atoms with van der Waals surface area (Å²) in [5, 5.41) is 0. The van der Waals surface area contributed by atoms with Gasteiger partial charge in [-0.3, -0.25) is 9.63 Å². The van der Waals surface area contributed by atoms with E-state index in [1.807, 2.05) is 0 Å². The SMILES string of the molecule is CONC(=O)c1cccc(S(=O)(=O)N2CCN(C(=O)OC(C)(C)C)CC2)c1. The second-order valence-corrected chi connectivity index (χ2v) is 8.97. The van der Waals surface area contributed by atoms with Gasteiger partial charge in [0, 0.05) is 31.7 Å². The van der Waals surface area contributed by atoms with Crippen LogP contribution in [0, 0.1) is 0 Å². The van der Waals surface area contributed by atoms with Crippen molar-refractivity contribution in [3.8, 4) is 0 Å². The van der Waals surface area contributed by atoms with Crippen molar-refractivity contribution in [3.05, 3.63) is 29.8 Å². The predicted molar refractivity (Wildman–Crippen MR) is 97.5 cm³/mol. The quantitative estimate of drug-likeness (QED) is 0.763. The van der Waals surface area contributed by atoms with Crippen LogP contribution in [0.5, 0.6) is 0 Å². The minimum absolute atomic E-state index is 0.0111. The maximum atomic E-state index is 12.9. The normalized spacial score (nSPS) is 16.1. The molecular formula is C17H25N3O6S. The van der Waals surface area contributed by atoms with E-state index < -0.39 is 27.6 Å². The fourth-order valence-corrected chi connectivity index (χ4v) is 4.00. The summed E-state index contributed by atoms with van der Waals surface area (Å²) >= 11 is 0. The van der Waals surface area contributed by atoms with Crippen molar-refractivity contribution >= 4 is 22.0 Å². The molecule has 1 saturated heterocycles. The van der Waals surface area contributed by atoms with Crippen LogP contribution in [0.2, 0.25) is 0 Å². The van der Waals surface area contributed by atoms with Crippen LogP contribution in [-0.4, -0.2) is 68.5 Å². The van der Waals surface area contributed by atoms with Crippen molar-refractivity contribution in [2.24, 2.45) is 0 Å². The number of amides is 2. The average Bonchev–Trinajstić information content (AvgIpc) is 2.60. The first kappa shape index (κ1) is 21.1. The summed E-state index contributed by atoms with van der Waals surface area (Å²) in [6.07, 6.45) is -0.460. The number of nitrogens with one attached hydrogen (secondary N) is 1. The lowest BCUT2D eigenvalue weighted by Gasteiger charge is -2.35. The summed E-state index contributed by atoms with van der Waals surface area (Å²) in [7, 11) is -2.49. The van der Waals surface area contributed by atoms with Crippen molar-refractivity contribution in [3.63, 3.8) is 0 Å². The summed E-state index contributed by atoms with van der Waals surface area (Å²) in [6.45, 7) is 6.09. The van der Waals surface area contributed by atoms with E-state index in [-0.39, 0.29) is 36.6 Å². The third-order valence-electron chi connectivity index (χ3n) is 3.82. The Morgan fingerprint density at radius 2 is 1.74 bits per heavy atom. The Hall–Kier alpha value is -2.17. The molecule has 10 heteroatoms. The molecule has 27 heavy (non-hydrogen) atoms. The van der Waals surface area contributed by atoms with Crippen molar-refractivity contribution < 1.29 is 27.6 Å². The largest absolute Gasteiger partial charge is 0.444 e. The Labute approximate surface area is 159 Å². The highest BCUT2D eigenvalue weighted by atomic mass is 32.2. The summed E-state index contributed by atoms with van der Waals surface area (Å²) in [5.74, 6) is -0.538. The van der Waals surface area contributed by atoms with E-state index in [1.54, 1.807) is 20.8 Å². The third-order valence-corrected chi connectivity index (χ3v) is 5.71. The van der Waals surface area contributed by atoms with Gasteiger partial charge in [-0.05, 0) is 39.0 Å². The Balaban J connectivity index is 2.08. The fourth-order valence-electron chi connectivity index (χ4n) is 2.54. The summed E-state index contributed by atoms with van der Waals surface area (Å²) < 4.78 is 32.3. The highest BCUT2D eigenvalue weighted by Gasteiger charge is 2.32. The van der Waals surface area contributed by atoms with E-state index in [0.29, 0.717) is 0 Å². The summed E-state index contributed by atoms with van der Waals surface area (Å²) in [6, 6.07) is 5.71. The Morgan fingerprint density at radius 1 is 1.11 bits per heavy atom. The molecule has 1 heterocycles. The lowest BCUT2D eigenvalue weighted by atomic mass is 10.2. The molecule has 1 aliphatic rings. The monoisotopic (exact) mass is 399 g/mol. The van der Waals surface area contributed by atoms with E-state index >= 15 is 0 Å². The van der Waals surface area contributed by atoms with Gasteiger partial charge >= 0.3 is 6.09 Å². The molecule has 0 aromatic heterocycles. The molecule has 1 N–H and O–H groups in total. The molecule has 0 aliphatic carbocycles. The molecule has 0 atom stereocenters. The van der Waals surface area contributed by atoms with Crippen molar-refractivity contribution in [2.45, 2.75) is 31.3 Å². The van der Waals surface area contributed by atoms with E-state index in [0.717, 1.165) is 0 Å². The van der Waals surface area contributed by atoms with Crippen LogP contribution in [0.25, 0.3) is 0 Å². The second kappa shape index (κ2) is 8.24. The molecule has 0 bridgehead atoms. The number of carbonyl (C=O) groups is 2. The number of piperazine rings is 1. The number of hydrogen-bond donors (Lipinski definition) is 1. The minimum Gasteiger partial charge on any atom is -0.444 e. The molecule has 0 spiro atoms. The van der Waals surface area contributed by atoms with Crippen LogP contribution in [0.1, 0.15) is 31.1 Å². The molecule has 1 aromatic rings. The molecule has 2 amide bonds. The molecule has 2 rings (SSSR count). The van der Waals surface area contributed by atoms with Crippen molar-refractivity contribution in [1.82, 2.24) is 14.7 Å². The zero-order valence-electron chi connectivity index (χ0n) is 15.9. The molecule has 0 saturated carbocycles. The van der Waals surface area contributed by atoms with Crippen molar-refractivity contribution in [1.29, 1.82) is 0 Å². The van der Waals surface area contributed by atoms with E-state index in [2.05, 4.69) is 10.3 Å². The fraction of sp³-hybridized carbons (Fsp3) is 0.529. The zero-order valence-corrected chi connectivity index (χ0v) is 16.7. The summed E-state index contributed by atoms with van der Waals surface area (Å²) in [5.41, 5.74) is 1.72. The number of hydroxylamine groups is 1. The van der Waals surface area contributed by atoms with Crippen LogP contribution in [0.3, 0.4) is 0 Å². The molecule has 1 fully saturated rings. The van der Waals surface area contributed by atoms with Gasteiger partial charge in [0.1, 0.15) is 5.60 Å². The Morgan fingerprint density at radius 3 is 2.30 bits per heavy atom. The van der Waals surface area contributed by atoms with Crippen molar-refractivity contribution in [2.75, 3.05) is 33.3 Å². The first-order valence-corrected chi connectivity index (χ1v) is 9.90. The van der Waals surface area contributed by atoms with E-state index in [4.69, 9.17) is 4.74 Å². The molecule has 1 aromatic carbocycles. The van der Waals surface area contributed by atoms with E-state index in [1.165, 1.54) is 40.6 Å². The van der Waals surface area contributed by atoms with Gasteiger partial charge in [0.25, 0.3) is 5.91 Å². The highest BCUT2D eigenvalue weighted by Crippen LogP contribution is 2.20. The predicted octanol–water partition coefficient (Wildman–Crippen LogP) is 1.22. The smallest absolute Gasteiger partial charge is 0.410 e. The van der Waals surface area contributed by atoms with Gasteiger partial charge < -0.3 is 9.64 Å². The zero-order chi connectivity index (χ0) is 20.2. The first-order valence-electron chi connectivity index (χ1n) is 8.46. The number of hydrogen-bond acceptors (Lipinski definition) is 6. The summed E-state index contributed by atoms with van der Waals surface area (Å²) in [4.78, 5) is 30.0. The number of benzene rings is 1. The topological polar surface area (TPSA) is 105 Å². The van der Waals surface area contributed by atoms with E-state index in [9.17, 15) is 18.0 Å². The number of sulfonamides is 1. The maximum absolute atomic E-state index is 12.9. The van der Waals surface area contributed by atoms with Crippen LogP contribution >= 0.6 is 0 Å². The lowest BCUT2D eigenvalue weighted by molar-refractivity contribution is 0.0192. The molecule has 0 radical (unpaired) electrons. The van der Waals surface area contributed by atoms with Gasteiger partial charge in [0.05, 0.1) is 12.0 Å². The third kappa shape index (κ3) is 5.41. The van der Waals surface area contributed by atoms with Gasteiger partial charge in [-0.2, -0.15) is 4.31 Å². The van der Waals surface area contributed by atoms with Crippen LogP contribution in [0.15, 0.2) is 29.2 Å². The molecule has 1 aliphatic heterocycles. The van der Waals surface area contributed by atoms with Gasteiger partial charge in [0.15, 0.2) is 0 Å². The first-order chi connectivity index (χ1) is 12.5. The van der Waals surface area contributed by atoms with Gasteiger partial charge in [-0.25, -0.2) is 18.7 Å². The van der Waals surface area contributed by atoms with Gasteiger partial charge in [-0.15, -0.1) is 0 Å². The van der Waals surface area contributed by atoms with Crippen LogP contribution < -0.4 is 5.48 Å². The minimum atomic E-state index is -3.78. The number of nitrogens with zero attached hydrogens (tertiary/aromatic N) is 2. The molecule has 9 nitrogen and oxygen atoms in total. The molecular weight excluding hydrogens is 374 g/mol. The number of carbonyl (C=O) groups excluding carboxylic acids is 2. The van der Waals surface area contributed by atoms with Crippen LogP contribution in [-0.2, 0) is 19.6 Å². The average molecular weight is 399 g/mol. The second-order valence-electron chi connectivity index (χ2n) is 7.03. The number of ether oxygens (including phenoxy) is 1. The van der Waals surface area contributed by atoms with Crippen LogP contribution in [0.4, 0.5) is 4.79 Å². The lowest BCUT2D eigenvalue weighted by Crippen LogP contribution is -2.51. The Bertz CT molecular complexity index is 795.